The molecule has 2 aromatic carbocycles. The van der Waals surface area contributed by atoms with E-state index >= 15 is 0 Å². The lowest BCUT2D eigenvalue weighted by molar-refractivity contribution is -0.118. The number of aryl methyl sites for hydroxylation is 1. The summed E-state index contributed by atoms with van der Waals surface area (Å²) in [6.45, 7) is 1.94. The number of nitrogens with one attached hydrogen (secondary N) is 1. The molecule has 1 N–H and O–H groups in total. The largest absolute Gasteiger partial charge is 0.320 e. The predicted molar refractivity (Wildman–Crippen MR) is 95.4 cm³/mol. The van der Waals surface area contributed by atoms with Crippen molar-refractivity contribution in [3.63, 3.8) is 0 Å². The monoisotopic (exact) mass is 341 g/mol. The van der Waals surface area contributed by atoms with Crippen LogP contribution in [0.5, 0.6) is 0 Å². The van der Waals surface area contributed by atoms with Crippen LogP contribution in [0.4, 0.5) is 11.4 Å². The minimum Gasteiger partial charge on any atom is -0.320 e. The normalized spacial score (nSPS) is 14.3. The van der Waals surface area contributed by atoms with Gasteiger partial charge in [-0.2, -0.15) is 5.10 Å². The van der Waals surface area contributed by atoms with E-state index in [1.54, 1.807) is 30.3 Å². The summed E-state index contributed by atoms with van der Waals surface area (Å²) in [7, 11) is 0. The van der Waals surface area contributed by atoms with Crippen molar-refractivity contribution in [3.05, 3.63) is 59.1 Å². The van der Waals surface area contributed by atoms with Gasteiger partial charge in [0.1, 0.15) is 5.71 Å². The third-order valence-electron chi connectivity index (χ3n) is 3.66. The van der Waals surface area contributed by atoms with Crippen molar-refractivity contribution in [1.29, 1.82) is 0 Å². The number of rotatable bonds is 3. The molecule has 0 bridgehead atoms. The Hall–Kier alpha value is -2.66. The van der Waals surface area contributed by atoms with Gasteiger partial charge in [0.05, 0.1) is 16.4 Å². The zero-order valence-corrected chi connectivity index (χ0v) is 13.9. The molecule has 122 valence electrons. The van der Waals surface area contributed by atoms with Gasteiger partial charge in [-0.25, -0.2) is 5.01 Å². The fourth-order valence-electron chi connectivity index (χ4n) is 2.44. The number of hydrogen-bond acceptors (Lipinski definition) is 3. The molecule has 5 nitrogen and oxygen atoms in total. The van der Waals surface area contributed by atoms with Gasteiger partial charge in [0.2, 0.25) is 5.91 Å². The van der Waals surface area contributed by atoms with E-state index in [2.05, 4.69) is 10.4 Å². The molecule has 0 unspecified atom stereocenters. The highest BCUT2D eigenvalue weighted by molar-refractivity contribution is 6.45. The molecule has 0 radical (unpaired) electrons. The Labute approximate surface area is 144 Å². The first-order chi connectivity index (χ1) is 11.5. The van der Waals surface area contributed by atoms with E-state index in [-0.39, 0.29) is 18.2 Å². The lowest BCUT2D eigenvalue weighted by Crippen LogP contribution is -2.36. The Balaban J connectivity index is 1.85. The number of halogens is 1. The number of nitrogens with zero attached hydrogens (tertiary/aromatic N) is 2. The second-order valence-electron chi connectivity index (χ2n) is 5.53. The van der Waals surface area contributed by atoms with Crippen LogP contribution in [0.1, 0.15) is 18.4 Å². The molecule has 0 spiro atoms. The SMILES string of the molecule is Cc1cccc(N2N=C(C(=O)Nc3ccccc3Cl)CCC2=O)c1. The van der Waals surface area contributed by atoms with Crippen LogP contribution in [-0.2, 0) is 9.59 Å². The van der Waals surface area contributed by atoms with Crippen molar-refractivity contribution in [1.82, 2.24) is 0 Å². The highest BCUT2D eigenvalue weighted by atomic mass is 35.5. The Morgan fingerprint density at radius 1 is 1.17 bits per heavy atom. The van der Waals surface area contributed by atoms with Crippen LogP contribution in [0.25, 0.3) is 0 Å². The third-order valence-corrected chi connectivity index (χ3v) is 3.99. The van der Waals surface area contributed by atoms with Crippen LogP contribution in [0.2, 0.25) is 5.02 Å². The molecule has 0 fully saturated rings. The summed E-state index contributed by atoms with van der Waals surface area (Å²) >= 11 is 6.05. The fourth-order valence-corrected chi connectivity index (χ4v) is 2.62. The maximum Gasteiger partial charge on any atom is 0.271 e. The molecule has 0 saturated heterocycles. The van der Waals surface area contributed by atoms with Crippen molar-refractivity contribution in [2.75, 3.05) is 10.3 Å². The Morgan fingerprint density at radius 2 is 1.96 bits per heavy atom. The maximum atomic E-state index is 12.4. The van der Waals surface area contributed by atoms with Gasteiger partial charge in [-0.3, -0.25) is 9.59 Å². The molecule has 1 aliphatic rings. The summed E-state index contributed by atoms with van der Waals surface area (Å²) in [6, 6.07) is 14.4. The summed E-state index contributed by atoms with van der Waals surface area (Å²) in [5.74, 6) is -0.483. The highest BCUT2D eigenvalue weighted by Gasteiger charge is 2.25. The summed E-state index contributed by atoms with van der Waals surface area (Å²) < 4.78 is 0. The summed E-state index contributed by atoms with van der Waals surface area (Å²) in [5.41, 5.74) is 2.49. The van der Waals surface area contributed by atoms with Gasteiger partial charge in [0.25, 0.3) is 5.91 Å². The molecule has 0 aliphatic carbocycles. The Morgan fingerprint density at radius 3 is 2.71 bits per heavy atom. The van der Waals surface area contributed by atoms with Gasteiger partial charge in [0.15, 0.2) is 0 Å². The number of anilines is 2. The van der Waals surface area contributed by atoms with Crippen molar-refractivity contribution in [2.45, 2.75) is 19.8 Å². The molecule has 2 amide bonds. The van der Waals surface area contributed by atoms with Gasteiger partial charge in [-0.05, 0) is 36.8 Å². The van der Waals surface area contributed by atoms with E-state index in [1.165, 1.54) is 5.01 Å². The number of carbonyl (C=O) groups is 2. The highest BCUT2D eigenvalue weighted by Crippen LogP contribution is 2.23. The predicted octanol–water partition coefficient (Wildman–Crippen LogP) is 3.77. The average molecular weight is 342 g/mol. The Kier molecular flexibility index (Phi) is 4.62. The van der Waals surface area contributed by atoms with Gasteiger partial charge < -0.3 is 5.32 Å². The molecule has 0 saturated carbocycles. The first kappa shape index (κ1) is 16.2. The molecule has 0 aromatic heterocycles. The number of benzene rings is 2. The van der Waals surface area contributed by atoms with Gasteiger partial charge in [0, 0.05) is 12.8 Å². The standard InChI is InChI=1S/C18H16ClN3O2/c1-12-5-4-6-13(11-12)22-17(23)10-9-16(21-22)18(24)20-15-8-3-2-7-14(15)19/h2-8,11H,9-10H2,1H3,(H,20,24). The quantitative estimate of drug-likeness (QED) is 0.923. The average Bonchev–Trinajstić information content (AvgIpc) is 2.57. The fraction of sp³-hybridized carbons (Fsp3) is 0.167. The van der Waals surface area contributed by atoms with Crippen molar-refractivity contribution < 1.29 is 9.59 Å². The van der Waals surface area contributed by atoms with E-state index in [1.807, 2.05) is 25.1 Å². The topological polar surface area (TPSA) is 61.8 Å². The van der Waals surface area contributed by atoms with E-state index in [9.17, 15) is 9.59 Å². The van der Waals surface area contributed by atoms with Crippen LogP contribution in [0.3, 0.4) is 0 Å². The Bertz CT molecular complexity index is 833. The molecule has 0 atom stereocenters. The first-order valence-electron chi connectivity index (χ1n) is 7.57. The van der Waals surface area contributed by atoms with Crippen molar-refractivity contribution >= 4 is 40.5 Å². The number of hydrazone groups is 1. The first-order valence-corrected chi connectivity index (χ1v) is 7.95. The van der Waals surface area contributed by atoms with E-state index in [4.69, 9.17) is 11.6 Å². The smallest absolute Gasteiger partial charge is 0.271 e. The summed E-state index contributed by atoms with van der Waals surface area (Å²) in [5, 5.41) is 8.73. The van der Waals surface area contributed by atoms with Crippen LogP contribution in [0, 0.1) is 6.92 Å². The second-order valence-corrected chi connectivity index (χ2v) is 5.93. The van der Waals surface area contributed by atoms with E-state index < -0.39 is 0 Å². The zero-order chi connectivity index (χ0) is 17.1. The third kappa shape index (κ3) is 3.46. The van der Waals surface area contributed by atoms with Crippen LogP contribution in [-0.4, -0.2) is 17.5 Å². The van der Waals surface area contributed by atoms with E-state index in [0.717, 1.165) is 5.56 Å². The molecular weight excluding hydrogens is 326 g/mol. The summed E-state index contributed by atoms with van der Waals surface area (Å²) in [4.78, 5) is 24.6. The number of carbonyl (C=O) groups excluding carboxylic acids is 2. The number of hydrogen-bond donors (Lipinski definition) is 1. The van der Waals surface area contributed by atoms with Crippen molar-refractivity contribution in [3.8, 4) is 0 Å². The van der Waals surface area contributed by atoms with Crippen LogP contribution < -0.4 is 10.3 Å². The van der Waals surface area contributed by atoms with E-state index in [0.29, 0.717) is 28.5 Å². The van der Waals surface area contributed by atoms with Gasteiger partial charge in [-0.15, -0.1) is 0 Å². The lowest BCUT2D eigenvalue weighted by Gasteiger charge is -2.23. The molecule has 3 rings (SSSR count). The van der Waals surface area contributed by atoms with Crippen LogP contribution in [0.15, 0.2) is 53.6 Å². The molecule has 6 heteroatoms. The second kappa shape index (κ2) is 6.84. The van der Waals surface area contributed by atoms with Crippen molar-refractivity contribution in [2.24, 2.45) is 5.10 Å². The minimum atomic E-state index is -0.353. The molecule has 2 aromatic rings. The number of amides is 2. The minimum absolute atomic E-state index is 0.130. The summed E-state index contributed by atoms with van der Waals surface area (Å²) in [6.07, 6.45) is 0.542. The number of para-hydroxylation sites is 1. The van der Waals surface area contributed by atoms with Gasteiger partial charge in [-0.1, -0.05) is 35.9 Å². The molecule has 1 heterocycles. The maximum absolute atomic E-state index is 12.4. The molecular formula is C18H16ClN3O2. The molecule has 24 heavy (non-hydrogen) atoms. The molecule has 1 aliphatic heterocycles. The lowest BCUT2D eigenvalue weighted by atomic mass is 10.1. The van der Waals surface area contributed by atoms with Gasteiger partial charge >= 0.3 is 0 Å². The van der Waals surface area contributed by atoms with Crippen LogP contribution >= 0.6 is 11.6 Å². The zero-order valence-electron chi connectivity index (χ0n) is 13.1.